The van der Waals surface area contributed by atoms with Gasteiger partial charge in [-0.1, -0.05) is 47.1 Å². The number of hydrogen-bond acceptors (Lipinski definition) is 5. The van der Waals surface area contributed by atoms with E-state index in [4.69, 9.17) is 27.9 Å². The Balaban J connectivity index is 1.64. The van der Waals surface area contributed by atoms with Gasteiger partial charge < -0.3 is 14.6 Å². The molecule has 12 heteroatoms. The van der Waals surface area contributed by atoms with Crippen molar-refractivity contribution in [2.45, 2.75) is 24.4 Å². The molecule has 0 aliphatic heterocycles. The zero-order valence-electron chi connectivity index (χ0n) is 16.8. The summed E-state index contributed by atoms with van der Waals surface area (Å²) in [7, 11) is 1.70. The smallest absolute Gasteiger partial charge is 0.418 e. The van der Waals surface area contributed by atoms with Crippen molar-refractivity contribution in [3.8, 4) is 5.75 Å². The molecule has 0 fully saturated rings. The van der Waals surface area contributed by atoms with Crippen LogP contribution in [0.4, 0.5) is 18.9 Å². The number of carbonyl (C=O) groups excluding carboxylic acids is 1. The second-order valence-corrected chi connectivity index (χ2v) is 8.40. The Kier molecular flexibility index (Phi) is 7.58. The number of ether oxygens (including phenoxy) is 1. The molecule has 1 heterocycles. The second-order valence-electron chi connectivity index (χ2n) is 6.61. The van der Waals surface area contributed by atoms with Crippen molar-refractivity contribution in [1.29, 1.82) is 0 Å². The summed E-state index contributed by atoms with van der Waals surface area (Å²) in [5.74, 6) is 0.172. The number of thioether (sulfide) groups is 1. The van der Waals surface area contributed by atoms with Gasteiger partial charge in [-0.2, -0.15) is 13.2 Å². The molecular formula is C20H17Cl2F3N4O2S. The highest BCUT2D eigenvalue weighted by molar-refractivity contribution is 7.99. The van der Waals surface area contributed by atoms with Crippen LogP contribution < -0.4 is 10.1 Å². The molecule has 1 atom stereocenters. The zero-order valence-corrected chi connectivity index (χ0v) is 19.1. The number of nitrogens with zero attached hydrogens (tertiary/aromatic N) is 3. The van der Waals surface area contributed by atoms with Crippen molar-refractivity contribution >= 4 is 46.6 Å². The second kappa shape index (κ2) is 10.0. The summed E-state index contributed by atoms with van der Waals surface area (Å²) >= 11 is 12.8. The molecule has 3 rings (SSSR count). The van der Waals surface area contributed by atoms with E-state index in [9.17, 15) is 18.0 Å². The first-order chi connectivity index (χ1) is 15.1. The Labute approximate surface area is 196 Å². The number of hydrogen-bond donors (Lipinski definition) is 1. The summed E-state index contributed by atoms with van der Waals surface area (Å²) in [6, 6.07) is 10.1. The van der Waals surface area contributed by atoms with E-state index >= 15 is 0 Å². The lowest BCUT2D eigenvalue weighted by atomic mass is 10.1. The topological polar surface area (TPSA) is 69.0 Å². The standard InChI is InChI=1S/C20H17Cl2F3N4O2S/c1-11(31-16-6-4-3-5-14(16)22)18-27-28-19(29(18)2)32-10-17(30)26-15-8-7-12(21)9-13(15)20(23,24)25/h3-9,11H,10H2,1-2H3,(H,26,30). The van der Waals surface area contributed by atoms with E-state index in [1.54, 1.807) is 42.8 Å². The van der Waals surface area contributed by atoms with Crippen molar-refractivity contribution in [2.24, 2.45) is 7.05 Å². The van der Waals surface area contributed by atoms with E-state index in [0.717, 1.165) is 23.9 Å². The SMILES string of the molecule is CC(Oc1ccccc1Cl)c1nnc(SCC(=O)Nc2ccc(Cl)cc2C(F)(F)F)n1C. The van der Waals surface area contributed by atoms with Crippen LogP contribution in [0.5, 0.6) is 5.75 Å². The number of halogens is 5. The Morgan fingerprint density at radius 2 is 1.94 bits per heavy atom. The summed E-state index contributed by atoms with van der Waals surface area (Å²) in [5.41, 5.74) is -1.39. The largest absolute Gasteiger partial charge is 0.481 e. The Morgan fingerprint density at radius 3 is 2.62 bits per heavy atom. The number of amides is 1. The molecule has 0 saturated carbocycles. The van der Waals surface area contributed by atoms with E-state index < -0.39 is 23.8 Å². The lowest BCUT2D eigenvalue weighted by molar-refractivity contribution is -0.137. The summed E-state index contributed by atoms with van der Waals surface area (Å²) in [6.45, 7) is 1.77. The van der Waals surface area contributed by atoms with Crippen molar-refractivity contribution in [3.05, 3.63) is 63.9 Å². The van der Waals surface area contributed by atoms with Crippen LogP contribution in [0, 0.1) is 0 Å². The maximum absolute atomic E-state index is 13.2. The fourth-order valence-corrected chi connectivity index (χ4v) is 3.84. The minimum absolute atomic E-state index is 0.0792. The Morgan fingerprint density at radius 1 is 1.22 bits per heavy atom. The van der Waals surface area contributed by atoms with Crippen LogP contribution in [0.1, 0.15) is 24.4 Å². The molecule has 170 valence electrons. The Hall–Kier alpha value is -2.43. The summed E-state index contributed by atoms with van der Waals surface area (Å²) in [6.07, 6.45) is -5.14. The van der Waals surface area contributed by atoms with Gasteiger partial charge in [0.05, 0.1) is 22.0 Å². The van der Waals surface area contributed by atoms with Crippen molar-refractivity contribution < 1.29 is 22.7 Å². The van der Waals surface area contributed by atoms with Gasteiger partial charge in [-0.05, 0) is 37.3 Å². The zero-order chi connectivity index (χ0) is 23.5. The van der Waals surface area contributed by atoms with Crippen LogP contribution in [0.25, 0.3) is 0 Å². The minimum atomic E-state index is -4.66. The third-order valence-corrected chi connectivity index (χ3v) is 5.83. The average molecular weight is 505 g/mol. The molecule has 6 nitrogen and oxygen atoms in total. The predicted octanol–water partition coefficient (Wildman–Crippen LogP) is 6.01. The molecule has 1 amide bonds. The van der Waals surface area contributed by atoms with Gasteiger partial charge in [0.1, 0.15) is 5.75 Å². The van der Waals surface area contributed by atoms with Gasteiger partial charge in [0.2, 0.25) is 5.91 Å². The van der Waals surface area contributed by atoms with Gasteiger partial charge in [0.15, 0.2) is 17.1 Å². The van der Waals surface area contributed by atoms with Crippen LogP contribution in [0.2, 0.25) is 10.0 Å². The van der Waals surface area contributed by atoms with E-state index in [1.807, 2.05) is 0 Å². The minimum Gasteiger partial charge on any atom is -0.481 e. The predicted molar refractivity (Wildman–Crippen MR) is 117 cm³/mol. The number of benzene rings is 2. The molecule has 1 unspecified atom stereocenters. The van der Waals surface area contributed by atoms with Gasteiger partial charge in [-0.25, -0.2) is 0 Å². The summed E-state index contributed by atoms with van der Waals surface area (Å²) < 4.78 is 47.0. The first-order valence-electron chi connectivity index (χ1n) is 9.16. The molecular weight excluding hydrogens is 488 g/mol. The summed E-state index contributed by atoms with van der Waals surface area (Å²) in [5, 5.41) is 11.2. The number of carbonyl (C=O) groups is 1. The fourth-order valence-electron chi connectivity index (χ4n) is 2.77. The average Bonchev–Trinajstić information content (AvgIpc) is 3.09. The number of alkyl halides is 3. The van der Waals surface area contributed by atoms with Gasteiger partial charge in [0.25, 0.3) is 0 Å². The van der Waals surface area contributed by atoms with Crippen LogP contribution in [-0.4, -0.2) is 26.4 Å². The maximum Gasteiger partial charge on any atom is 0.418 e. The summed E-state index contributed by atoms with van der Waals surface area (Å²) in [4.78, 5) is 12.3. The highest BCUT2D eigenvalue weighted by atomic mass is 35.5. The maximum atomic E-state index is 13.2. The number of para-hydroxylation sites is 1. The van der Waals surface area contributed by atoms with Gasteiger partial charge in [-0.15, -0.1) is 10.2 Å². The molecule has 3 aromatic rings. The Bertz CT molecular complexity index is 1120. The highest BCUT2D eigenvalue weighted by Crippen LogP contribution is 2.36. The first kappa shape index (κ1) is 24.2. The molecule has 0 spiro atoms. The number of rotatable bonds is 7. The number of anilines is 1. The molecule has 0 bridgehead atoms. The van der Waals surface area contributed by atoms with Gasteiger partial charge >= 0.3 is 6.18 Å². The van der Waals surface area contributed by atoms with Crippen LogP contribution >= 0.6 is 35.0 Å². The molecule has 1 aromatic heterocycles. The van der Waals surface area contributed by atoms with Gasteiger partial charge in [-0.3, -0.25) is 4.79 Å². The molecule has 0 aliphatic carbocycles. The van der Waals surface area contributed by atoms with Crippen molar-refractivity contribution in [3.63, 3.8) is 0 Å². The molecule has 32 heavy (non-hydrogen) atoms. The number of aromatic nitrogens is 3. The molecule has 0 aliphatic rings. The van der Waals surface area contributed by atoms with Crippen LogP contribution in [-0.2, 0) is 18.0 Å². The monoisotopic (exact) mass is 504 g/mol. The van der Waals surface area contributed by atoms with E-state index in [0.29, 0.717) is 21.8 Å². The molecule has 0 radical (unpaired) electrons. The van der Waals surface area contributed by atoms with E-state index in [-0.39, 0.29) is 16.5 Å². The van der Waals surface area contributed by atoms with E-state index in [2.05, 4.69) is 15.5 Å². The lowest BCUT2D eigenvalue weighted by Gasteiger charge is -2.15. The molecule has 0 saturated heterocycles. The molecule has 2 aromatic carbocycles. The molecule has 1 N–H and O–H groups in total. The van der Waals surface area contributed by atoms with E-state index in [1.165, 1.54) is 6.07 Å². The number of nitrogens with one attached hydrogen (secondary N) is 1. The first-order valence-corrected chi connectivity index (χ1v) is 10.9. The quantitative estimate of drug-likeness (QED) is 0.399. The third-order valence-electron chi connectivity index (χ3n) is 4.27. The fraction of sp³-hybridized carbons (Fsp3) is 0.250. The van der Waals surface area contributed by atoms with Crippen molar-refractivity contribution in [1.82, 2.24) is 14.8 Å². The lowest BCUT2D eigenvalue weighted by Crippen LogP contribution is -2.18. The van der Waals surface area contributed by atoms with Gasteiger partial charge in [0, 0.05) is 12.1 Å². The van der Waals surface area contributed by atoms with Crippen LogP contribution in [0.15, 0.2) is 47.6 Å². The van der Waals surface area contributed by atoms with Crippen LogP contribution in [0.3, 0.4) is 0 Å². The normalized spacial score (nSPS) is 12.5. The third kappa shape index (κ3) is 5.87. The highest BCUT2D eigenvalue weighted by Gasteiger charge is 2.34. The van der Waals surface area contributed by atoms with Crippen molar-refractivity contribution in [2.75, 3.05) is 11.1 Å².